The molecule has 0 saturated carbocycles. The molecule has 0 bridgehead atoms. The molecule has 7 heteroatoms. The zero-order chi connectivity index (χ0) is 21.3. The van der Waals surface area contributed by atoms with Gasteiger partial charge in [-0.3, -0.25) is 9.80 Å². The molecule has 0 aliphatic carbocycles. The van der Waals surface area contributed by atoms with Crippen LogP contribution in [0.15, 0.2) is 57.7 Å². The first-order valence-electron chi connectivity index (χ1n) is 9.92. The number of piperazine rings is 1. The van der Waals surface area contributed by atoms with E-state index in [9.17, 15) is 18.0 Å². The molecule has 0 spiro atoms. The van der Waals surface area contributed by atoms with Crippen molar-refractivity contribution in [2.24, 2.45) is 0 Å². The predicted octanol–water partition coefficient (Wildman–Crippen LogP) is 4.44. The number of benzene rings is 2. The van der Waals surface area contributed by atoms with Crippen LogP contribution < -0.4 is 5.63 Å². The van der Waals surface area contributed by atoms with Crippen LogP contribution in [0.3, 0.4) is 0 Å². The molecule has 3 aromatic rings. The SMILES string of the molecule is Cc1ccc2c(CN3CCN(Cc4cccc(C(F)(F)F)c4)CC3)cc(=O)oc2c1. The van der Waals surface area contributed by atoms with Crippen molar-refractivity contribution in [2.45, 2.75) is 26.2 Å². The Hall–Kier alpha value is -2.64. The largest absolute Gasteiger partial charge is 0.423 e. The quantitative estimate of drug-likeness (QED) is 0.590. The molecule has 4 rings (SSSR count). The van der Waals surface area contributed by atoms with Gasteiger partial charge >= 0.3 is 11.8 Å². The third-order valence-corrected chi connectivity index (χ3v) is 5.51. The van der Waals surface area contributed by atoms with E-state index >= 15 is 0 Å². The molecule has 0 amide bonds. The second kappa shape index (κ2) is 8.24. The van der Waals surface area contributed by atoms with Crippen molar-refractivity contribution in [3.63, 3.8) is 0 Å². The molecule has 0 radical (unpaired) electrons. The van der Waals surface area contributed by atoms with Crippen LogP contribution in [-0.4, -0.2) is 36.0 Å². The van der Waals surface area contributed by atoms with Gasteiger partial charge in [0.25, 0.3) is 0 Å². The van der Waals surface area contributed by atoms with Gasteiger partial charge in [-0.25, -0.2) is 4.79 Å². The van der Waals surface area contributed by atoms with Crippen LogP contribution in [0.5, 0.6) is 0 Å². The Bertz CT molecular complexity index is 1100. The van der Waals surface area contributed by atoms with Crippen molar-refractivity contribution in [2.75, 3.05) is 26.2 Å². The molecule has 1 fully saturated rings. The summed E-state index contributed by atoms with van der Waals surface area (Å²) >= 11 is 0. The Labute approximate surface area is 172 Å². The highest BCUT2D eigenvalue weighted by molar-refractivity contribution is 5.80. The Morgan fingerprint density at radius 2 is 1.63 bits per heavy atom. The van der Waals surface area contributed by atoms with E-state index < -0.39 is 11.7 Å². The highest BCUT2D eigenvalue weighted by atomic mass is 19.4. The minimum atomic E-state index is -4.32. The number of rotatable bonds is 4. The molecule has 1 saturated heterocycles. The summed E-state index contributed by atoms with van der Waals surface area (Å²) in [5.41, 5.74) is 2.27. The van der Waals surface area contributed by atoms with Gasteiger partial charge < -0.3 is 4.42 Å². The van der Waals surface area contributed by atoms with Gasteiger partial charge in [0.15, 0.2) is 0 Å². The first kappa shape index (κ1) is 20.6. The monoisotopic (exact) mass is 416 g/mol. The van der Waals surface area contributed by atoms with Gasteiger partial charge in [0, 0.05) is 50.7 Å². The smallest absolute Gasteiger partial charge is 0.416 e. The minimum Gasteiger partial charge on any atom is -0.423 e. The normalized spacial score (nSPS) is 16.3. The van der Waals surface area contributed by atoms with Crippen molar-refractivity contribution in [1.29, 1.82) is 0 Å². The maximum Gasteiger partial charge on any atom is 0.416 e. The number of fused-ring (bicyclic) bond motifs is 1. The van der Waals surface area contributed by atoms with Gasteiger partial charge in [0.05, 0.1) is 5.56 Å². The molecule has 1 aliphatic heterocycles. The van der Waals surface area contributed by atoms with Crippen LogP contribution in [0, 0.1) is 6.92 Å². The van der Waals surface area contributed by atoms with Crippen LogP contribution in [0.2, 0.25) is 0 Å². The first-order chi connectivity index (χ1) is 14.3. The summed E-state index contributed by atoms with van der Waals surface area (Å²) in [6.07, 6.45) is -4.32. The number of nitrogens with zero attached hydrogens (tertiary/aromatic N) is 2. The summed E-state index contributed by atoms with van der Waals surface area (Å²) in [7, 11) is 0. The summed E-state index contributed by atoms with van der Waals surface area (Å²) in [5.74, 6) is 0. The minimum absolute atomic E-state index is 0.355. The van der Waals surface area contributed by atoms with Gasteiger partial charge in [-0.2, -0.15) is 13.2 Å². The average molecular weight is 416 g/mol. The molecule has 0 N–H and O–H groups in total. The van der Waals surface area contributed by atoms with E-state index in [1.54, 1.807) is 12.1 Å². The summed E-state index contributed by atoms with van der Waals surface area (Å²) < 4.78 is 44.1. The van der Waals surface area contributed by atoms with Crippen molar-refractivity contribution >= 4 is 11.0 Å². The summed E-state index contributed by atoms with van der Waals surface area (Å²) in [5, 5.41) is 0.937. The molecule has 1 aromatic heterocycles. The van der Waals surface area contributed by atoms with Crippen molar-refractivity contribution in [3.8, 4) is 0 Å². The maximum absolute atomic E-state index is 12.9. The average Bonchev–Trinajstić information content (AvgIpc) is 2.68. The second-order valence-electron chi connectivity index (χ2n) is 7.84. The van der Waals surface area contributed by atoms with Crippen molar-refractivity contribution in [1.82, 2.24) is 9.80 Å². The number of alkyl halides is 3. The molecule has 0 unspecified atom stereocenters. The van der Waals surface area contributed by atoms with E-state index in [-0.39, 0.29) is 5.63 Å². The fraction of sp³-hybridized carbons (Fsp3) is 0.348. The lowest BCUT2D eigenvalue weighted by Crippen LogP contribution is -2.45. The highest BCUT2D eigenvalue weighted by Crippen LogP contribution is 2.30. The summed E-state index contributed by atoms with van der Waals surface area (Å²) in [4.78, 5) is 16.4. The third kappa shape index (κ3) is 4.74. The highest BCUT2D eigenvalue weighted by Gasteiger charge is 2.30. The lowest BCUT2D eigenvalue weighted by Gasteiger charge is -2.35. The molecule has 30 heavy (non-hydrogen) atoms. The van der Waals surface area contributed by atoms with E-state index in [1.165, 1.54) is 12.1 Å². The van der Waals surface area contributed by atoms with Gasteiger partial charge in [0.2, 0.25) is 0 Å². The van der Waals surface area contributed by atoms with E-state index in [4.69, 9.17) is 4.42 Å². The molecule has 2 heterocycles. The molecule has 158 valence electrons. The Kier molecular flexibility index (Phi) is 5.66. The summed E-state index contributed by atoms with van der Waals surface area (Å²) in [6.45, 7) is 6.18. The fourth-order valence-corrected chi connectivity index (χ4v) is 3.92. The Morgan fingerprint density at radius 1 is 0.933 bits per heavy atom. The molecular weight excluding hydrogens is 393 g/mol. The second-order valence-corrected chi connectivity index (χ2v) is 7.84. The molecule has 1 aliphatic rings. The van der Waals surface area contributed by atoms with Crippen molar-refractivity contribution < 1.29 is 17.6 Å². The van der Waals surface area contributed by atoms with Gasteiger partial charge in [0.1, 0.15) is 5.58 Å². The number of hydrogen-bond donors (Lipinski definition) is 0. The van der Waals surface area contributed by atoms with E-state index in [1.807, 2.05) is 25.1 Å². The number of aryl methyl sites for hydroxylation is 1. The van der Waals surface area contributed by atoms with Gasteiger partial charge in [-0.15, -0.1) is 0 Å². The third-order valence-electron chi connectivity index (χ3n) is 5.51. The molecule has 2 aromatic carbocycles. The van der Waals surface area contributed by atoms with E-state index in [0.717, 1.165) is 48.8 Å². The van der Waals surface area contributed by atoms with Crippen LogP contribution in [0.4, 0.5) is 13.2 Å². The van der Waals surface area contributed by atoms with Gasteiger partial charge in [-0.05, 0) is 35.7 Å². The molecule has 4 nitrogen and oxygen atoms in total. The predicted molar refractivity (Wildman–Crippen MR) is 109 cm³/mol. The zero-order valence-electron chi connectivity index (χ0n) is 16.7. The Balaban J connectivity index is 1.40. The Morgan fingerprint density at radius 3 is 2.33 bits per heavy atom. The lowest BCUT2D eigenvalue weighted by atomic mass is 10.1. The van der Waals surface area contributed by atoms with Crippen LogP contribution in [-0.2, 0) is 19.3 Å². The number of hydrogen-bond acceptors (Lipinski definition) is 4. The number of halogens is 3. The van der Waals surface area contributed by atoms with Crippen LogP contribution in [0.25, 0.3) is 11.0 Å². The first-order valence-corrected chi connectivity index (χ1v) is 9.92. The molecule has 0 atom stereocenters. The van der Waals surface area contributed by atoms with Crippen molar-refractivity contribution in [3.05, 3.63) is 81.2 Å². The zero-order valence-corrected chi connectivity index (χ0v) is 16.7. The fourth-order valence-electron chi connectivity index (χ4n) is 3.92. The van der Waals surface area contributed by atoms with Gasteiger partial charge in [-0.1, -0.05) is 30.3 Å². The summed E-state index contributed by atoms with van der Waals surface area (Å²) in [6, 6.07) is 12.9. The maximum atomic E-state index is 12.9. The molecular formula is C23H23F3N2O2. The lowest BCUT2D eigenvalue weighted by molar-refractivity contribution is -0.137. The van der Waals surface area contributed by atoms with Crippen LogP contribution in [0.1, 0.15) is 22.3 Å². The van der Waals surface area contributed by atoms with E-state index in [0.29, 0.717) is 24.2 Å². The van der Waals surface area contributed by atoms with Crippen LogP contribution >= 0.6 is 0 Å². The standard InChI is InChI=1S/C23H23F3N2O2/c1-16-5-6-20-18(13-22(29)30-21(20)11-16)15-28-9-7-27(8-10-28)14-17-3-2-4-19(12-17)23(24,25)26/h2-6,11-13H,7-10,14-15H2,1H3. The van der Waals surface area contributed by atoms with E-state index in [2.05, 4.69) is 9.80 Å². The topological polar surface area (TPSA) is 36.7 Å².